The minimum absolute atomic E-state index is 0.176. The zero-order valence-corrected chi connectivity index (χ0v) is 32.4. The first kappa shape index (κ1) is 33.9. The molecule has 9 aromatic carbocycles. The molecule has 0 fully saturated rings. The Hall–Kier alpha value is -6.68. The molecular weight excluding hydrogens is 693 g/mol. The van der Waals surface area contributed by atoms with Crippen molar-refractivity contribution in [2.24, 2.45) is 0 Å². The fourth-order valence-corrected chi connectivity index (χ4v) is 14.5. The maximum Gasteiger partial charge on any atom is 0.180 e. The molecule has 10 rings (SSSR count). The maximum atomic E-state index is 3.80. The van der Waals surface area contributed by atoms with Crippen molar-refractivity contribution in [1.82, 2.24) is 0 Å². The van der Waals surface area contributed by atoms with Crippen LogP contribution in [-0.4, -0.2) is 14.2 Å². The van der Waals surface area contributed by atoms with E-state index in [0.717, 1.165) is 6.42 Å². The lowest BCUT2D eigenvalue weighted by Crippen LogP contribution is -2.75. The van der Waals surface area contributed by atoms with Crippen molar-refractivity contribution in [3.05, 3.63) is 212 Å². The summed E-state index contributed by atoms with van der Waals surface area (Å²) in [5.41, 5.74) is 8.53. The molecule has 268 valence electrons. The molecule has 9 aromatic rings. The van der Waals surface area contributed by atoms with Gasteiger partial charge in [-0.1, -0.05) is 195 Å². The fraction of sp³-hybridized carbons (Fsp3) is 0.0566. The van der Waals surface area contributed by atoms with Gasteiger partial charge < -0.3 is 10.2 Å². The molecular formula is C53H42N2Si. The lowest BCUT2D eigenvalue weighted by molar-refractivity contribution is 0.728. The van der Waals surface area contributed by atoms with Gasteiger partial charge in [-0.3, -0.25) is 0 Å². The summed E-state index contributed by atoms with van der Waals surface area (Å²) in [7, 11) is -2.87. The lowest BCUT2D eigenvalue weighted by Gasteiger charge is -2.37. The van der Waals surface area contributed by atoms with Crippen LogP contribution in [0.5, 0.6) is 0 Å². The maximum absolute atomic E-state index is 3.80. The Morgan fingerprint density at radius 1 is 0.446 bits per heavy atom. The van der Waals surface area contributed by atoms with Gasteiger partial charge in [0.15, 0.2) is 8.07 Å². The van der Waals surface area contributed by atoms with Crippen molar-refractivity contribution < 1.29 is 0 Å². The lowest BCUT2D eigenvalue weighted by atomic mass is 9.91. The van der Waals surface area contributed by atoms with Gasteiger partial charge in [0, 0.05) is 5.69 Å². The van der Waals surface area contributed by atoms with E-state index in [9.17, 15) is 0 Å². The average Bonchev–Trinajstić information content (AvgIpc) is 3.66. The number of anilines is 3. The standard InChI is InChI=1S/C53H42N2Si/c1-2-51-54-49-36-33-40(38-19-7-3-8-20-38)37-50(49)55(51)41-34-31-39(32-35-41)52-45-27-15-17-29-47(45)53(48-30-18-16-28-46(48)52)56(42-21-9-4-10-22-42,43-23-11-5-12-24-43)44-25-13-6-14-26-44/h3-37,51,54H,2H2,1H3. The molecule has 0 saturated carbocycles. The number of hydrogen-bond acceptors (Lipinski definition) is 2. The summed E-state index contributed by atoms with van der Waals surface area (Å²) in [5.74, 6) is 0. The van der Waals surface area contributed by atoms with Crippen molar-refractivity contribution in [3.8, 4) is 22.3 Å². The number of fused-ring (bicyclic) bond motifs is 3. The smallest absolute Gasteiger partial charge is 0.180 e. The number of rotatable bonds is 8. The molecule has 2 nitrogen and oxygen atoms in total. The van der Waals surface area contributed by atoms with Gasteiger partial charge in [0.05, 0.1) is 11.4 Å². The third kappa shape index (κ3) is 5.46. The minimum atomic E-state index is -2.87. The van der Waals surface area contributed by atoms with E-state index in [1.165, 1.54) is 81.6 Å². The molecule has 1 aliphatic rings. The summed E-state index contributed by atoms with van der Waals surface area (Å²) < 4.78 is 0. The summed E-state index contributed by atoms with van der Waals surface area (Å²) in [5, 5.41) is 14.6. The van der Waals surface area contributed by atoms with Crippen molar-refractivity contribution >= 4 is 67.4 Å². The molecule has 0 saturated heterocycles. The molecule has 3 heteroatoms. The quantitative estimate of drug-likeness (QED) is 0.0950. The SMILES string of the molecule is CCC1Nc2ccc(-c3ccccc3)cc2N1c1ccc(-c2c3ccccc3c([Si](c3ccccc3)(c3ccccc3)c3ccccc3)c3ccccc23)cc1. The Bertz CT molecular complexity index is 2650. The summed E-state index contributed by atoms with van der Waals surface area (Å²) in [4.78, 5) is 2.48. The monoisotopic (exact) mass is 734 g/mol. The van der Waals surface area contributed by atoms with Gasteiger partial charge >= 0.3 is 0 Å². The van der Waals surface area contributed by atoms with Crippen LogP contribution in [0.1, 0.15) is 13.3 Å². The Kier molecular flexibility index (Phi) is 8.58. The Morgan fingerprint density at radius 3 is 1.39 bits per heavy atom. The first-order valence-electron chi connectivity index (χ1n) is 19.7. The number of nitrogens with one attached hydrogen (secondary N) is 1. The summed E-state index contributed by atoms with van der Waals surface area (Å²) in [6.45, 7) is 2.26. The second-order valence-electron chi connectivity index (χ2n) is 14.8. The largest absolute Gasteiger partial charge is 0.363 e. The van der Waals surface area contributed by atoms with Crippen molar-refractivity contribution in [1.29, 1.82) is 0 Å². The van der Waals surface area contributed by atoms with Gasteiger partial charge in [-0.15, -0.1) is 0 Å². The number of nitrogens with zero attached hydrogens (tertiary/aromatic N) is 1. The minimum Gasteiger partial charge on any atom is -0.363 e. The van der Waals surface area contributed by atoms with E-state index in [4.69, 9.17) is 0 Å². The van der Waals surface area contributed by atoms with Crippen LogP contribution >= 0.6 is 0 Å². The first-order valence-corrected chi connectivity index (χ1v) is 21.7. The van der Waals surface area contributed by atoms with Crippen molar-refractivity contribution in [2.45, 2.75) is 19.5 Å². The van der Waals surface area contributed by atoms with E-state index in [1.54, 1.807) is 0 Å². The molecule has 56 heavy (non-hydrogen) atoms. The molecule has 1 aliphatic heterocycles. The van der Waals surface area contributed by atoms with Crippen molar-refractivity contribution in [3.63, 3.8) is 0 Å². The number of benzene rings is 9. The third-order valence-electron chi connectivity index (χ3n) is 11.7. The fourth-order valence-electron chi connectivity index (χ4n) is 9.31. The van der Waals surface area contributed by atoms with Crippen LogP contribution in [-0.2, 0) is 0 Å². The van der Waals surface area contributed by atoms with Crippen LogP contribution in [0.25, 0.3) is 43.8 Å². The second-order valence-corrected chi connectivity index (χ2v) is 18.5. The van der Waals surface area contributed by atoms with Crippen LogP contribution in [0.2, 0.25) is 0 Å². The summed E-state index contributed by atoms with van der Waals surface area (Å²) in [6, 6.07) is 78.9. The highest BCUT2D eigenvalue weighted by Crippen LogP contribution is 2.44. The van der Waals surface area contributed by atoms with Gasteiger partial charge in [-0.25, -0.2) is 0 Å². The molecule has 1 atom stereocenters. The first-order chi connectivity index (χ1) is 27.8. The zero-order chi connectivity index (χ0) is 37.5. The number of hydrogen-bond donors (Lipinski definition) is 1. The Morgan fingerprint density at radius 2 is 0.893 bits per heavy atom. The van der Waals surface area contributed by atoms with Gasteiger partial charge in [0.25, 0.3) is 0 Å². The van der Waals surface area contributed by atoms with Gasteiger partial charge in [-0.2, -0.15) is 0 Å². The Labute approximate surface area is 330 Å². The molecule has 1 N–H and O–H groups in total. The van der Waals surface area contributed by atoms with Crippen LogP contribution in [0, 0.1) is 0 Å². The predicted molar refractivity (Wildman–Crippen MR) is 242 cm³/mol. The molecule has 1 unspecified atom stereocenters. The van der Waals surface area contributed by atoms with Crippen LogP contribution < -0.4 is 31.0 Å². The van der Waals surface area contributed by atoms with E-state index >= 15 is 0 Å². The van der Waals surface area contributed by atoms with Crippen LogP contribution in [0.15, 0.2) is 212 Å². The van der Waals surface area contributed by atoms with E-state index in [2.05, 4.69) is 229 Å². The van der Waals surface area contributed by atoms with Gasteiger partial charge in [-0.05, 0) is 95.2 Å². The van der Waals surface area contributed by atoms with E-state index < -0.39 is 8.07 Å². The van der Waals surface area contributed by atoms with E-state index in [1.807, 2.05) is 0 Å². The van der Waals surface area contributed by atoms with E-state index in [0.29, 0.717) is 0 Å². The highest BCUT2D eigenvalue weighted by atomic mass is 28.3. The average molecular weight is 735 g/mol. The summed E-state index contributed by atoms with van der Waals surface area (Å²) >= 11 is 0. The normalized spacial score (nSPS) is 13.8. The molecule has 0 radical (unpaired) electrons. The molecule has 0 spiro atoms. The van der Waals surface area contributed by atoms with Crippen LogP contribution in [0.3, 0.4) is 0 Å². The van der Waals surface area contributed by atoms with Gasteiger partial charge in [0.2, 0.25) is 0 Å². The highest BCUT2D eigenvalue weighted by Gasteiger charge is 2.44. The molecule has 0 bridgehead atoms. The highest BCUT2D eigenvalue weighted by molar-refractivity contribution is 7.21. The van der Waals surface area contributed by atoms with Crippen molar-refractivity contribution in [2.75, 3.05) is 10.2 Å². The molecule has 0 amide bonds. The molecule has 0 aliphatic carbocycles. The summed E-state index contributed by atoms with van der Waals surface area (Å²) in [6.07, 6.45) is 1.15. The second kappa shape index (κ2) is 14.2. The molecule has 1 heterocycles. The van der Waals surface area contributed by atoms with Gasteiger partial charge in [0.1, 0.15) is 6.17 Å². The molecule has 0 aromatic heterocycles. The Balaban J connectivity index is 1.19. The third-order valence-corrected chi connectivity index (χ3v) is 16.6. The van der Waals surface area contributed by atoms with E-state index in [-0.39, 0.29) is 6.17 Å². The van der Waals surface area contributed by atoms with Crippen LogP contribution in [0.4, 0.5) is 17.1 Å². The topological polar surface area (TPSA) is 15.3 Å². The predicted octanol–water partition coefficient (Wildman–Crippen LogP) is 11.0. The zero-order valence-electron chi connectivity index (χ0n) is 31.4.